The smallest absolute Gasteiger partial charge is 0.416 e. The van der Waals surface area contributed by atoms with Gasteiger partial charge in [-0.05, 0) is 55.0 Å². The van der Waals surface area contributed by atoms with Crippen molar-refractivity contribution in [2.24, 2.45) is 0 Å². The van der Waals surface area contributed by atoms with Gasteiger partial charge < -0.3 is 14.6 Å². The highest BCUT2D eigenvalue weighted by molar-refractivity contribution is 7.80. The van der Waals surface area contributed by atoms with E-state index in [9.17, 15) is 13.2 Å². The van der Waals surface area contributed by atoms with E-state index in [0.29, 0.717) is 27.9 Å². The van der Waals surface area contributed by atoms with Gasteiger partial charge in [0.2, 0.25) is 0 Å². The van der Waals surface area contributed by atoms with Gasteiger partial charge in [0.1, 0.15) is 0 Å². The van der Waals surface area contributed by atoms with E-state index in [2.05, 4.69) is 15.2 Å². The molecule has 6 rings (SSSR count). The lowest BCUT2D eigenvalue weighted by Crippen LogP contribution is -2.48. The van der Waals surface area contributed by atoms with Gasteiger partial charge in [0.15, 0.2) is 23.1 Å². The second-order valence-corrected chi connectivity index (χ2v) is 9.14. The van der Waals surface area contributed by atoms with Crippen molar-refractivity contribution in [2.75, 3.05) is 28.2 Å². The van der Waals surface area contributed by atoms with Gasteiger partial charge in [0.25, 0.3) is 0 Å². The molecule has 2 bridgehead atoms. The maximum Gasteiger partial charge on any atom is 0.416 e. The summed E-state index contributed by atoms with van der Waals surface area (Å²) in [7, 11) is 0. The molecule has 0 spiro atoms. The van der Waals surface area contributed by atoms with Gasteiger partial charge in [-0.3, -0.25) is 4.90 Å². The van der Waals surface area contributed by atoms with E-state index >= 15 is 0 Å². The molecule has 36 heavy (non-hydrogen) atoms. The molecular formula is C26H20F3N5OS. The van der Waals surface area contributed by atoms with Gasteiger partial charge in [-0.1, -0.05) is 24.3 Å². The van der Waals surface area contributed by atoms with Gasteiger partial charge in [0, 0.05) is 29.9 Å². The fourth-order valence-electron chi connectivity index (χ4n) is 4.78. The van der Waals surface area contributed by atoms with E-state index in [1.54, 1.807) is 18.3 Å². The molecule has 1 fully saturated rings. The number of fused-ring (bicyclic) bond motifs is 4. The lowest BCUT2D eigenvalue weighted by atomic mass is 10.1. The third kappa shape index (κ3) is 4.07. The standard InChI is InChI=1S/C26H20F3N5OS/c27-26(28,29)18-5-1-3-16(11-18)21-7-8-22-24(32-21)34(20-9-10-33(22)14-20)25(36)31-19-6-2-4-17(12-19)23-13-30-15-35-23/h1-8,11-13,15,20H,9-10,14H2,(H,31,36)/t20-/m0/s1. The van der Waals surface area contributed by atoms with Crippen LogP contribution in [0, 0.1) is 0 Å². The molecule has 1 atom stereocenters. The summed E-state index contributed by atoms with van der Waals surface area (Å²) in [6, 6.07) is 16.7. The lowest BCUT2D eigenvalue weighted by Gasteiger charge is -2.37. The molecule has 0 aliphatic carbocycles. The molecule has 1 N–H and O–H groups in total. The average Bonchev–Trinajstić information content (AvgIpc) is 3.55. The Morgan fingerprint density at radius 1 is 1.06 bits per heavy atom. The Morgan fingerprint density at radius 2 is 1.89 bits per heavy atom. The molecule has 1 saturated heterocycles. The van der Waals surface area contributed by atoms with Crippen LogP contribution in [0.5, 0.6) is 0 Å². The van der Waals surface area contributed by atoms with Crippen molar-refractivity contribution in [1.82, 2.24) is 9.97 Å². The third-order valence-corrected chi connectivity index (χ3v) is 6.79. The summed E-state index contributed by atoms with van der Waals surface area (Å²) in [4.78, 5) is 13.0. The minimum Gasteiger partial charge on any atom is -0.444 e. The second kappa shape index (κ2) is 8.63. The molecule has 0 radical (unpaired) electrons. The predicted octanol–water partition coefficient (Wildman–Crippen LogP) is 6.22. The van der Waals surface area contributed by atoms with E-state index in [1.807, 2.05) is 35.2 Å². The summed E-state index contributed by atoms with van der Waals surface area (Å²) < 4.78 is 45.3. The molecule has 2 aromatic heterocycles. The second-order valence-electron chi connectivity index (χ2n) is 8.75. The van der Waals surface area contributed by atoms with Crippen LogP contribution in [0.15, 0.2) is 77.7 Å². The minimum atomic E-state index is -4.42. The topological polar surface area (TPSA) is 57.4 Å². The number of hydrogen-bond acceptors (Lipinski definition) is 5. The predicted molar refractivity (Wildman–Crippen MR) is 136 cm³/mol. The zero-order valence-corrected chi connectivity index (χ0v) is 19.7. The van der Waals surface area contributed by atoms with Crippen LogP contribution >= 0.6 is 12.2 Å². The van der Waals surface area contributed by atoms with Gasteiger partial charge >= 0.3 is 6.18 Å². The van der Waals surface area contributed by atoms with Crippen molar-refractivity contribution in [3.8, 4) is 22.6 Å². The van der Waals surface area contributed by atoms with Crippen LogP contribution in [0.25, 0.3) is 22.6 Å². The molecule has 4 aromatic rings. The number of nitrogens with zero attached hydrogens (tertiary/aromatic N) is 4. The normalized spacial score (nSPS) is 16.7. The molecule has 2 aliphatic rings. The number of thiocarbonyl (C=S) groups is 1. The summed E-state index contributed by atoms with van der Waals surface area (Å²) in [6.07, 6.45) is -0.503. The molecule has 2 aliphatic heterocycles. The van der Waals surface area contributed by atoms with Crippen molar-refractivity contribution < 1.29 is 17.6 Å². The monoisotopic (exact) mass is 507 g/mol. The molecule has 2 aromatic carbocycles. The number of oxazole rings is 1. The molecule has 6 nitrogen and oxygen atoms in total. The highest BCUT2D eigenvalue weighted by Crippen LogP contribution is 2.41. The van der Waals surface area contributed by atoms with E-state index in [0.717, 1.165) is 48.6 Å². The van der Waals surface area contributed by atoms with Crippen molar-refractivity contribution in [2.45, 2.75) is 18.6 Å². The lowest BCUT2D eigenvalue weighted by molar-refractivity contribution is -0.137. The maximum absolute atomic E-state index is 13.3. The third-order valence-electron chi connectivity index (χ3n) is 6.49. The fourth-order valence-corrected chi connectivity index (χ4v) is 5.13. The van der Waals surface area contributed by atoms with E-state index in [1.165, 1.54) is 12.5 Å². The summed E-state index contributed by atoms with van der Waals surface area (Å²) >= 11 is 5.84. The Labute approximate surface area is 210 Å². The van der Waals surface area contributed by atoms with Crippen LogP contribution in [0.2, 0.25) is 0 Å². The number of anilines is 3. The van der Waals surface area contributed by atoms with Crippen molar-refractivity contribution in [3.05, 3.63) is 78.8 Å². The van der Waals surface area contributed by atoms with Gasteiger partial charge in [-0.25, -0.2) is 9.97 Å². The molecule has 0 unspecified atom stereocenters. The molecule has 4 heterocycles. The molecule has 10 heteroatoms. The number of aromatic nitrogens is 2. The quantitative estimate of drug-likeness (QED) is 0.331. The highest BCUT2D eigenvalue weighted by atomic mass is 32.1. The summed E-state index contributed by atoms with van der Waals surface area (Å²) in [5, 5.41) is 3.79. The Morgan fingerprint density at radius 3 is 2.69 bits per heavy atom. The van der Waals surface area contributed by atoms with Gasteiger partial charge in [-0.15, -0.1) is 0 Å². The average molecular weight is 508 g/mol. The van der Waals surface area contributed by atoms with Crippen LogP contribution in [0.3, 0.4) is 0 Å². The van der Waals surface area contributed by atoms with Crippen LogP contribution in [0.1, 0.15) is 12.0 Å². The number of hydrogen-bond donors (Lipinski definition) is 1. The van der Waals surface area contributed by atoms with E-state index < -0.39 is 11.7 Å². The first-order valence-electron chi connectivity index (χ1n) is 11.4. The van der Waals surface area contributed by atoms with Crippen LogP contribution in [-0.4, -0.2) is 34.2 Å². The van der Waals surface area contributed by atoms with Gasteiger partial charge in [0.05, 0.1) is 29.2 Å². The summed E-state index contributed by atoms with van der Waals surface area (Å²) in [5.74, 6) is 1.29. The first-order chi connectivity index (χ1) is 17.4. The number of benzene rings is 2. The number of nitrogens with one attached hydrogen (secondary N) is 1. The molecule has 0 amide bonds. The van der Waals surface area contributed by atoms with Crippen molar-refractivity contribution in [3.63, 3.8) is 0 Å². The first kappa shape index (κ1) is 22.5. The van der Waals surface area contributed by atoms with E-state index in [4.69, 9.17) is 21.6 Å². The molecular weight excluding hydrogens is 487 g/mol. The van der Waals surface area contributed by atoms with Gasteiger partial charge in [-0.2, -0.15) is 13.2 Å². The Bertz CT molecular complexity index is 1440. The largest absolute Gasteiger partial charge is 0.444 e. The highest BCUT2D eigenvalue weighted by Gasteiger charge is 2.39. The maximum atomic E-state index is 13.3. The Kier molecular flexibility index (Phi) is 5.40. The summed E-state index contributed by atoms with van der Waals surface area (Å²) in [5.41, 5.74) is 2.71. The fraction of sp³-hybridized carbons (Fsp3) is 0.192. The number of pyridine rings is 1. The van der Waals surface area contributed by atoms with Crippen LogP contribution < -0.4 is 15.1 Å². The zero-order chi connectivity index (χ0) is 24.9. The van der Waals surface area contributed by atoms with Crippen molar-refractivity contribution >= 4 is 34.5 Å². The number of halogens is 3. The Balaban J connectivity index is 1.34. The van der Waals surface area contributed by atoms with Crippen LogP contribution in [-0.2, 0) is 6.18 Å². The zero-order valence-electron chi connectivity index (χ0n) is 18.9. The van der Waals surface area contributed by atoms with Crippen LogP contribution in [0.4, 0.5) is 30.4 Å². The minimum absolute atomic E-state index is 0.110. The van der Waals surface area contributed by atoms with E-state index in [-0.39, 0.29) is 6.04 Å². The molecule has 182 valence electrons. The number of alkyl halides is 3. The number of rotatable bonds is 3. The molecule has 0 saturated carbocycles. The van der Waals surface area contributed by atoms with Crippen molar-refractivity contribution in [1.29, 1.82) is 0 Å². The summed E-state index contributed by atoms with van der Waals surface area (Å²) in [6.45, 7) is 1.67. The SMILES string of the molecule is FC(F)(F)c1cccc(-c2ccc3c(n2)N(C(=S)Nc2cccc(-c4cnco4)c2)[C@H]2CCN3C2)c1. The Hall–Kier alpha value is -3.92. The first-order valence-corrected chi connectivity index (χ1v) is 11.8.